The van der Waals surface area contributed by atoms with Crippen molar-refractivity contribution in [3.05, 3.63) is 0 Å². The lowest BCUT2D eigenvalue weighted by Crippen LogP contribution is -2.53. The Hall–Kier alpha value is -0.160. The maximum absolute atomic E-state index is 5.51. The molecule has 0 N–H and O–H groups in total. The molecule has 0 aromatic carbocycles. The molecule has 0 amide bonds. The lowest BCUT2D eigenvalue weighted by molar-refractivity contribution is -0.0602. The quantitative estimate of drug-likeness (QED) is 0.634. The second kappa shape index (κ2) is 18.6. The first kappa shape index (κ1) is 29.6. The number of piperazine rings is 1. The molecule has 0 bridgehead atoms. The fourth-order valence-electron chi connectivity index (χ4n) is 3.10. The van der Waals surface area contributed by atoms with Crippen molar-refractivity contribution in [1.82, 2.24) is 14.7 Å². The summed E-state index contributed by atoms with van der Waals surface area (Å²) in [5.41, 5.74) is 0. The van der Waals surface area contributed by atoms with Crippen LogP contribution in [0.1, 0.15) is 69.2 Å². The van der Waals surface area contributed by atoms with Gasteiger partial charge in [-0.05, 0) is 48.8 Å². The van der Waals surface area contributed by atoms with E-state index < -0.39 is 0 Å². The van der Waals surface area contributed by atoms with Gasteiger partial charge in [-0.25, -0.2) is 0 Å². The third-order valence-corrected chi connectivity index (χ3v) is 4.14. The number of likely N-dealkylation sites (N-methyl/N-ethyl adjacent to an activating group) is 3. The molecule has 2 aliphatic rings. The summed E-state index contributed by atoms with van der Waals surface area (Å²) in [5, 5.41) is 0. The topological polar surface area (TPSA) is 19.0 Å². The first-order valence-corrected chi connectivity index (χ1v) is 10.5. The van der Waals surface area contributed by atoms with Gasteiger partial charge in [-0.1, -0.05) is 41.5 Å². The molecule has 2 saturated heterocycles. The van der Waals surface area contributed by atoms with Crippen LogP contribution in [-0.4, -0.2) is 86.3 Å². The van der Waals surface area contributed by atoms with Crippen LogP contribution in [0.2, 0.25) is 0 Å². The van der Waals surface area contributed by atoms with Gasteiger partial charge in [0.1, 0.15) is 0 Å². The van der Waals surface area contributed by atoms with Crippen LogP contribution in [0, 0.1) is 0 Å². The van der Waals surface area contributed by atoms with Crippen LogP contribution in [-0.2, 0) is 4.74 Å². The normalized spacial score (nSPS) is 30.1. The molecular formula is C21H51N3O. The molecular weight excluding hydrogens is 310 g/mol. The molecule has 0 radical (unpaired) electrons. The number of ether oxygens (including phenoxy) is 1. The number of nitrogens with zero attached hydrogens (tertiary/aromatic N) is 3. The van der Waals surface area contributed by atoms with Crippen molar-refractivity contribution < 1.29 is 4.74 Å². The highest BCUT2D eigenvalue weighted by Gasteiger charge is 2.23. The first-order valence-electron chi connectivity index (χ1n) is 10.5. The van der Waals surface area contributed by atoms with Gasteiger partial charge in [0.05, 0.1) is 12.2 Å². The van der Waals surface area contributed by atoms with Crippen LogP contribution in [0.3, 0.4) is 0 Å². The van der Waals surface area contributed by atoms with E-state index in [0.29, 0.717) is 24.3 Å². The molecule has 2 rings (SSSR count). The average Bonchev–Trinajstić information content (AvgIpc) is 2.57. The number of rotatable bonds is 0. The fourth-order valence-corrected chi connectivity index (χ4v) is 3.10. The minimum atomic E-state index is 0.416. The zero-order valence-corrected chi connectivity index (χ0v) is 19.9. The average molecular weight is 362 g/mol. The van der Waals surface area contributed by atoms with Crippen molar-refractivity contribution in [2.75, 3.05) is 47.3 Å². The highest BCUT2D eigenvalue weighted by Crippen LogP contribution is 2.10. The van der Waals surface area contributed by atoms with Crippen molar-refractivity contribution in [1.29, 1.82) is 0 Å². The third kappa shape index (κ3) is 14.7. The third-order valence-electron chi connectivity index (χ3n) is 4.14. The minimum absolute atomic E-state index is 0.416. The predicted octanol–water partition coefficient (Wildman–Crippen LogP) is 4.44. The van der Waals surface area contributed by atoms with E-state index in [1.54, 1.807) is 0 Å². The molecule has 0 saturated carbocycles. The summed E-state index contributed by atoms with van der Waals surface area (Å²) >= 11 is 0. The van der Waals surface area contributed by atoms with Gasteiger partial charge in [0.25, 0.3) is 0 Å². The van der Waals surface area contributed by atoms with Gasteiger partial charge < -0.3 is 14.5 Å². The van der Waals surface area contributed by atoms with Crippen LogP contribution in [0.25, 0.3) is 0 Å². The van der Waals surface area contributed by atoms with E-state index in [4.69, 9.17) is 4.74 Å². The lowest BCUT2D eigenvalue weighted by Gasteiger charge is -2.40. The zero-order valence-electron chi connectivity index (χ0n) is 19.9. The van der Waals surface area contributed by atoms with Crippen LogP contribution in [0.15, 0.2) is 0 Å². The van der Waals surface area contributed by atoms with Crippen LogP contribution >= 0.6 is 0 Å². The van der Waals surface area contributed by atoms with E-state index in [9.17, 15) is 0 Å². The van der Waals surface area contributed by atoms with Crippen LogP contribution < -0.4 is 0 Å². The first-order chi connectivity index (χ1) is 11.8. The van der Waals surface area contributed by atoms with Gasteiger partial charge in [-0.3, -0.25) is 4.90 Å². The van der Waals surface area contributed by atoms with Crippen molar-refractivity contribution in [2.45, 2.75) is 93.5 Å². The Kier molecular flexibility index (Phi) is 22.1. The van der Waals surface area contributed by atoms with Gasteiger partial charge >= 0.3 is 0 Å². The van der Waals surface area contributed by atoms with Gasteiger partial charge in [0.2, 0.25) is 0 Å². The molecule has 4 nitrogen and oxygen atoms in total. The molecule has 25 heavy (non-hydrogen) atoms. The molecule has 0 spiro atoms. The minimum Gasteiger partial charge on any atom is -0.373 e. The number of hydrogen-bond donors (Lipinski definition) is 0. The maximum Gasteiger partial charge on any atom is 0.0678 e. The molecule has 2 heterocycles. The van der Waals surface area contributed by atoms with Crippen molar-refractivity contribution in [3.63, 3.8) is 0 Å². The molecule has 0 aromatic rings. The molecule has 4 heteroatoms. The lowest BCUT2D eigenvalue weighted by atomic mass is 10.1. The second-order valence-corrected chi connectivity index (χ2v) is 6.56. The summed E-state index contributed by atoms with van der Waals surface area (Å²) in [6.45, 7) is 25.4. The SMILES string of the molecule is CC.CC.CC.CC1CN(C)CC(C)N1C.CC1CN(C)CC(C)O1. The summed E-state index contributed by atoms with van der Waals surface area (Å²) in [5.74, 6) is 0. The summed E-state index contributed by atoms with van der Waals surface area (Å²) in [6.07, 6.45) is 0.831. The Morgan fingerprint density at radius 1 is 0.560 bits per heavy atom. The summed E-state index contributed by atoms with van der Waals surface area (Å²) in [6, 6.07) is 1.43. The Balaban J connectivity index is -0.000000299. The maximum atomic E-state index is 5.51. The monoisotopic (exact) mass is 361 g/mol. The number of hydrogen-bond acceptors (Lipinski definition) is 4. The van der Waals surface area contributed by atoms with E-state index in [1.165, 1.54) is 13.1 Å². The van der Waals surface area contributed by atoms with E-state index in [0.717, 1.165) is 13.1 Å². The summed E-state index contributed by atoms with van der Waals surface area (Å²) in [4.78, 5) is 7.15. The van der Waals surface area contributed by atoms with Crippen LogP contribution in [0.5, 0.6) is 0 Å². The van der Waals surface area contributed by atoms with E-state index >= 15 is 0 Å². The standard InChI is InChI=1S/C8H18N2.C7H15NO.3C2H6/c1-7-5-9(3)6-8(2)10(7)4;1-6-4-8(3)5-7(2)9-6;3*1-2/h7-8H,5-6H2,1-4H3;6-7H,4-5H2,1-3H3;3*1-2H3. The van der Waals surface area contributed by atoms with Gasteiger partial charge in [0.15, 0.2) is 0 Å². The fraction of sp³-hybridized carbons (Fsp3) is 1.00. The van der Waals surface area contributed by atoms with Crippen molar-refractivity contribution >= 4 is 0 Å². The van der Waals surface area contributed by atoms with Gasteiger partial charge in [0, 0.05) is 38.3 Å². The van der Waals surface area contributed by atoms with Crippen molar-refractivity contribution in [2.24, 2.45) is 0 Å². The molecule has 4 atom stereocenters. The Labute approximate surface area is 160 Å². The van der Waals surface area contributed by atoms with Gasteiger partial charge in [-0.2, -0.15) is 0 Å². The molecule has 0 aliphatic carbocycles. The molecule has 2 aliphatic heterocycles. The highest BCUT2D eigenvalue weighted by molar-refractivity contribution is 4.80. The predicted molar refractivity (Wildman–Crippen MR) is 116 cm³/mol. The molecule has 0 aromatic heterocycles. The summed E-state index contributed by atoms with van der Waals surface area (Å²) < 4.78 is 5.51. The largest absolute Gasteiger partial charge is 0.373 e. The molecule has 156 valence electrons. The Morgan fingerprint density at radius 2 is 0.840 bits per heavy atom. The second-order valence-electron chi connectivity index (χ2n) is 6.56. The summed E-state index contributed by atoms with van der Waals surface area (Å²) in [7, 11) is 6.54. The number of morpholine rings is 1. The van der Waals surface area contributed by atoms with Crippen LogP contribution in [0.4, 0.5) is 0 Å². The van der Waals surface area contributed by atoms with E-state index in [2.05, 4.69) is 63.5 Å². The van der Waals surface area contributed by atoms with Gasteiger partial charge in [-0.15, -0.1) is 0 Å². The zero-order chi connectivity index (χ0) is 20.6. The van der Waals surface area contributed by atoms with E-state index in [-0.39, 0.29) is 0 Å². The van der Waals surface area contributed by atoms with E-state index in [1.807, 2.05) is 41.5 Å². The highest BCUT2D eigenvalue weighted by atomic mass is 16.5. The van der Waals surface area contributed by atoms with Crippen molar-refractivity contribution in [3.8, 4) is 0 Å². The Morgan fingerprint density at radius 3 is 1.12 bits per heavy atom. The smallest absolute Gasteiger partial charge is 0.0678 e. The molecule has 4 unspecified atom stereocenters. The molecule has 2 fully saturated rings. The Bertz CT molecular complexity index is 227.